The van der Waals surface area contributed by atoms with Crippen molar-refractivity contribution < 1.29 is 18.4 Å². The molecule has 4 aromatic rings. The summed E-state index contributed by atoms with van der Waals surface area (Å²) in [5.41, 5.74) is 2.63. The second kappa shape index (κ2) is 9.52. The van der Waals surface area contributed by atoms with E-state index in [0.717, 1.165) is 11.3 Å². The standard InChI is InChI=1S/C23H19FN4O3S/c1-14(29)26-16-8-6-15(7-9-16)19-13-32-23(27-19)28-21(30)10-11-22-25-12-20(31-22)17-4-2-3-5-18(17)24/h2-9,12-13H,10-11H2,1H3,(H,26,29)(H,27,28,30). The van der Waals surface area contributed by atoms with Gasteiger partial charge in [-0.05, 0) is 24.3 Å². The number of rotatable bonds is 7. The number of nitrogens with zero attached hydrogens (tertiary/aromatic N) is 2. The highest BCUT2D eigenvalue weighted by Crippen LogP contribution is 2.27. The predicted molar refractivity (Wildman–Crippen MR) is 121 cm³/mol. The molecule has 0 fully saturated rings. The zero-order chi connectivity index (χ0) is 22.5. The lowest BCUT2D eigenvalue weighted by Gasteiger charge is -2.03. The van der Waals surface area contributed by atoms with E-state index in [1.807, 2.05) is 17.5 Å². The summed E-state index contributed by atoms with van der Waals surface area (Å²) in [6.07, 6.45) is 1.89. The first-order valence-corrected chi connectivity index (χ1v) is 10.7. The summed E-state index contributed by atoms with van der Waals surface area (Å²) in [7, 11) is 0. The molecule has 7 nitrogen and oxygen atoms in total. The summed E-state index contributed by atoms with van der Waals surface area (Å²) in [5.74, 6) is -0.0653. The Kier molecular flexibility index (Phi) is 6.37. The molecule has 0 radical (unpaired) electrons. The van der Waals surface area contributed by atoms with Crippen molar-refractivity contribution in [3.05, 3.63) is 71.8 Å². The minimum atomic E-state index is -0.391. The third kappa shape index (κ3) is 5.25. The lowest BCUT2D eigenvalue weighted by Crippen LogP contribution is -2.12. The Bertz CT molecular complexity index is 1250. The van der Waals surface area contributed by atoms with Crippen LogP contribution in [0.4, 0.5) is 15.2 Å². The minimum Gasteiger partial charge on any atom is -0.441 e. The number of nitrogens with one attached hydrogen (secondary N) is 2. The second-order valence-corrected chi connectivity index (χ2v) is 7.80. The van der Waals surface area contributed by atoms with Gasteiger partial charge in [-0.25, -0.2) is 14.4 Å². The Morgan fingerprint density at radius 2 is 1.88 bits per heavy atom. The fourth-order valence-electron chi connectivity index (χ4n) is 3.00. The van der Waals surface area contributed by atoms with Crippen LogP contribution in [0.3, 0.4) is 0 Å². The van der Waals surface area contributed by atoms with Crippen molar-refractivity contribution in [1.82, 2.24) is 9.97 Å². The number of carbonyl (C=O) groups excluding carboxylic acids is 2. The summed E-state index contributed by atoms with van der Waals surface area (Å²) in [6.45, 7) is 1.45. The molecular weight excluding hydrogens is 431 g/mol. The van der Waals surface area contributed by atoms with Crippen LogP contribution in [0.15, 0.2) is 64.5 Å². The van der Waals surface area contributed by atoms with E-state index < -0.39 is 5.82 Å². The van der Waals surface area contributed by atoms with Gasteiger partial charge in [-0.3, -0.25) is 9.59 Å². The maximum absolute atomic E-state index is 13.9. The summed E-state index contributed by atoms with van der Waals surface area (Å²) >= 11 is 1.32. The number of thiazole rings is 1. The molecule has 2 aromatic carbocycles. The van der Waals surface area contributed by atoms with Crippen molar-refractivity contribution in [3.8, 4) is 22.6 Å². The average molecular weight is 450 g/mol. The molecule has 0 spiro atoms. The highest BCUT2D eigenvalue weighted by Gasteiger charge is 2.13. The van der Waals surface area contributed by atoms with Crippen molar-refractivity contribution in [2.24, 2.45) is 0 Å². The molecule has 0 saturated heterocycles. The molecule has 2 heterocycles. The van der Waals surface area contributed by atoms with E-state index in [1.54, 1.807) is 30.3 Å². The fraction of sp³-hybridized carbons (Fsp3) is 0.130. The maximum atomic E-state index is 13.9. The monoisotopic (exact) mass is 450 g/mol. The Balaban J connectivity index is 1.32. The molecule has 0 saturated carbocycles. The third-order valence-electron chi connectivity index (χ3n) is 4.51. The highest BCUT2D eigenvalue weighted by atomic mass is 32.1. The molecular formula is C23H19FN4O3S. The average Bonchev–Trinajstić information content (AvgIpc) is 3.43. The van der Waals surface area contributed by atoms with Gasteiger partial charge in [0, 0.05) is 36.4 Å². The Morgan fingerprint density at radius 3 is 2.62 bits per heavy atom. The number of amides is 2. The minimum absolute atomic E-state index is 0.135. The number of aryl methyl sites for hydroxylation is 1. The lowest BCUT2D eigenvalue weighted by atomic mass is 10.1. The molecule has 0 aliphatic carbocycles. The summed E-state index contributed by atoms with van der Waals surface area (Å²) < 4.78 is 19.4. The largest absolute Gasteiger partial charge is 0.441 e. The topological polar surface area (TPSA) is 97.1 Å². The number of oxazole rings is 1. The molecule has 4 rings (SSSR count). The van der Waals surface area contributed by atoms with Crippen molar-refractivity contribution >= 4 is 34.0 Å². The van der Waals surface area contributed by atoms with E-state index in [2.05, 4.69) is 20.6 Å². The summed E-state index contributed by atoms with van der Waals surface area (Å²) in [5, 5.41) is 7.81. The van der Waals surface area contributed by atoms with Gasteiger partial charge < -0.3 is 15.1 Å². The molecule has 0 aliphatic heterocycles. The van der Waals surface area contributed by atoms with Gasteiger partial charge in [-0.2, -0.15) is 0 Å². The number of hydrogen-bond acceptors (Lipinski definition) is 6. The van der Waals surface area contributed by atoms with Crippen molar-refractivity contribution in [2.45, 2.75) is 19.8 Å². The first-order chi connectivity index (χ1) is 15.5. The molecule has 32 heavy (non-hydrogen) atoms. The maximum Gasteiger partial charge on any atom is 0.226 e. The molecule has 0 bridgehead atoms. The first kappa shape index (κ1) is 21.4. The van der Waals surface area contributed by atoms with Gasteiger partial charge in [-0.15, -0.1) is 11.3 Å². The number of carbonyl (C=O) groups is 2. The SMILES string of the molecule is CC(=O)Nc1ccc(-c2csc(NC(=O)CCc3ncc(-c4ccccc4F)o3)n2)cc1. The van der Waals surface area contributed by atoms with Crippen molar-refractivity contribution in [1.29, 1.82) is 0 Å². The van der Waals surface area contributed by atoms with Crippen LogP contribution < -0.4 is 10.6 Å². The molecule has 2 N–H and O–H groups in total. The third-order valence-corrected chi connectivity index (χ3v) is 5.27. The molecule has 2 amide bonds. The van der Waals surface area contributed by atoms with Gasteiger partial charge in [0.2, 0.25) is 11.8 Å². The second-order valence-electron chi connectivity index (χ2n) is 6.94. The van der Waals surface area contributed by atoms with E-state index in [1.165, 1.54) is 30.5 Å². The van der Waals surface area contributed by atoms with Crippen LogP contribution in [0.2, 0.25) is 0 Å². The fourth-order valence-corrected chi connectivity index (χ4v) is 3.74. The lowest BCUT2D eigenvalue weighted by molar-refractivity contribution is -0.116. The van der Waals surface area contributed by atoms with Gasteiger partial charge in [0.25, 0.3) is 0 Å². The van der Waals surface area contributed by atoms with Crippen LogP contribution in [0, 0.1) is 5.82 Å². The predicted octanol–water partition coefficient (Wildman–Crippen LogP) is 5.13. The van der Waals surface area contributed by atoms with Crippen LogP contribution in [-0.2, 0) is 16.0 Å². The summed E-state index contributed by atoms with van der Waals surface area (Å²) in [4.78, 5) is 32.0. The molecule has 0 aliphatic rings. The number of anilines is 2. The molecule has 0 atom stereocenters. The Morgan fingerprint density at radius 1 is 1.09 bits per heavy atom. The number of hydrogen-bond donors (Lipinski definition) is 2. The van der Waals surface area contributed by atoms with E-state index >= 15 is 0 Å². The molecule has 0 unspecified atom stereocenters. The van der Waals surface area contributed by atoms with Crippen LogP contribution in [0.25, 0.3) is 22.6 Å². The quantitative estimate of drug-likeness (QED) is 0.407. The molecule has 9 heteroatoms. The number of benzene rings is 2. The van der Waals surface area contributed by atoms with Gasteiger partial charge in [0.1, 0.15) is 5.82 Å². The summed E-state index contributed by atoms with van der Waals surface area (Å²) in [6, 6.07) is 13.6. The first-order valence-electron chi connectivity index (χ1n) is 9.81. The number of aromatic nitrogens is 2. The van der Waals surface area contributed by atoms with Crippen molar-refractivity contribution in [3.63, 3.8) is 0 Å². The van der Waals surface area contributed by atoms with Gasteiger partial charge in [0.05, 0.1) is 17.5 Å². The highest BCUT2D eigenvalue weighted by molar-refractivity contribution is 7.14. The van der Waals surface area contributed by atoms with Gasteiger partial charge in [-0.1, -0.05) is 24.3 Å². The normalized spacial score (nSPS) is 10.7. The molecule has 162 valence electrons. The van der Waals surface area contributed by atoms with Crippen LogP contribution in [0.5, 0.6) is 0 Å². The van der Waals surface area contributed by atoms with Crippen molar-refractivity contribution in [2.75, 3.05) is 10.6 Å². The van der Waals surface area contributed by atoms with E-state index in [4.69, 9.17) is 4.42 Å². The van der Waals surface area contributed by atoms with Crippen LogP contribution in [0.1, 0.15) is 19.2 Å². The van der Waals surface area contributed by atoms with E-state index in [0.29, 0.717) is 28.0 Å². The van der Waals surface area contributed by atoms with Gasteiger partial charge >= 0.3 is 0 Å². The number of halogens is 1. The van der Waals surface area contributed by atoms with E-state index in [-0.39, 0.29) is 24.7 Å². The Hall–Kier alpha value is -3.85. The smallest absolute Gasteiger partial charge is 0.226 e. The zero-order valence-electron chi connectivity index (χ0n) is 17.1. The van der Waals surface area contributed by atoms with E-state index in [9.17, 15) is 14.0 Å². The zero-order valence-corrected chi connectivity index (χ0v) is 17.9. The van der Waals surface area contributed by atoms with Gasteiger partial charge in [0.15, 0.2) is 16.8 Å². The van der Waals surface area contributed by atoms with Crippen LogP contribution in [-0.4, -0.2) is 21.8 Å². The Labute approximate surface area is 187 Å². The molecule has 2 aromatic heterocycles. The van der Waals surface area contributed by atoms with Crippen LogP contribution >= 0.6 is 11.3 Å².